The molecule has 0 spiro atoms. The Morgan fingerprint density at radius 2 is 1.65 bits per heavy atom. The first-order valence-corrected chi connectivity index (χ1v) is 11.7. The number of benzene rings is 3. The third kappa shape index (κ3) is 5.94. The Kier molecular flexibility index (Phi) is 7.44. The standard InChI is InChI=1S/C27H25N3O3S/c1-19-3-5-20(6-4-19)17-18-28-27(32)21-7-9-22(10-8-21)30-26(31)16-15-25(29-30)34-24-13-11-23(33-2)12-14-24/h3-16H,17-18H2,1-2H3,(H,28,32). The van der Waals surface area contributed by atoms with E-state index in [4.69, 9.17) is 4.74 Å². The maximum Gasteiger partial charge on any atom is 0.271 e. The Hall–Kier alpha value is -3.84. The van der Waals surface area contributed by atoms with Crippen molar-refractivity contribution in [1.82, 2.24) is 15.1 Å². The summed E-state index contributed by atoms with van der Waals surface area (Å²) in [7, 11) is 1.62. The third-order valence-corrected chi connectivity index (χ3v) is 6.19. The lowest BCUT2D eigenvalue weighted by Crippen LogP contribution is -2.26. The summed E-state index contributed by atoms with van der Waals surface area (Å²) in [5.41, 5.74) is 3.28. The SMILES string of the molecule is COc1ccc(Sc2ccc(=O)n(-c3ccc(C(=O)NCCc4ccc(C)cc4)cc3)n2)cc1. The number of carbonyl (C=O) groups is 1. The molecule has 172 valence electrons. The highest BCUT2D eigenvalue weighted by Gasteiger charge is 2.09. The number of ether oxygens (including phenoxy) is 1. The molecule has 0 unspecified atom stereocenters. The quantitative estimate of drug-likeness (QED) is 0.404. The first-order valence-electron chi connectivity index (χ1n) is 10.9. The Bertz CT molecular complexity index is 1320. The average molecular weight is 472 g/mol. The van der Waals surface area contributed by atoms with E-state index in [1.54, 1.807) is 37.4 Å². The van der Waals surface area contributed by atoms with Gasteiger partial charge in [-0.25, -0.2) is 0 Å². The zero-order chi connectivity index (χ0) is 23.9. The van der Waals surface area contributed by atoms with Gasteiger partial charge in [-0.2, -0.15) is 9.78 Å². The van der Waals surface area contributed by atoms with Crippen LogP contribution in [0.15, 0.2) is 99.6 Å². The number of methoxy groups -OCH3 is 1. The summed E-state index contributed by atoms with van der Waals surface area (Å²) in [6, 6.07) is 26.0. The zero-order valence-electron chi connectivity index (χ0n) is 19.0. The second kappa shape index (κ2) is 10.9. The van der Waals surface area contributed by atoms with Crippen molar-refractivity contribution < 1.29 is 9.53 Å². The van der Waals surface area contributed by atoms with Crippen LogP contribution >= 0.6 is 11.8 Å². The molecule has 7 heteroatoms. The van der Waals surface area contributed by atoms with Gasteiger partial charge in [0.05, 0.1) is 12.8 Å². The van der Waals surface area contributed by atoms with Gasteiger partial charge in [0.15, 0.2) is 0 Å². The molecule has 0 fully saturated rings. The summed E-state index contributed by atoms with van der Waals surface area (Å²) in [4.78, 5) is 25.9. The van der Waals surface area contributed by atoms with E-state index >= 15 is 0 Å². The van der Waals surface area contributed by atoms with Gasteiger partial charge in [0.1, 0.15) is 10.8 Å². The van der Waals surface area contributed by atoms with Crippen LogP contribution in [-0.2, 0) is 6.42 Å². The van der Waals surface area contributed by atoms with Crippen LogP contribution in [0.25, 0.3) is 5.69 Å². The van der Waals surface area contributed by atoms with E-state index in [2.05, 4.69) is 41.6 Å². The molecule has 34 heavy (non-hydrogen) atoms. The highest BCUT2D eigenvalue weighted by atomic mass is 32.2. The third-order valence-electron chi connectivity index (χ3n) is 5.25. The van der Waals surface area contributed by atoms with Gasteiger partial charge in [0.2, 0.25) is 0 Å². The van der Waals surface area contributed by atoms with Gasteiger partial charge in [-0.15, -0.1) is 0 Å². The molecule has 4 aromatic rings. The highest BCUT2D eigenvalue weighted by molar-refractivity contribution is 7.99. The maximum atomic E-state index is 12.5. The molecule has 1 amide bonds. The molecule has 0 atom stereocenters. The van der Waals surface area contributed by atoms with E-state index < -0.39 is 0 Å². The molecule has 0 saturated carbocycles. The van der Waals surface area contributed by atoms with Crippen LogP contribution in [0.1, 0.15) is 21.5 Å². The number of carbonyl (C=O) groups excluding carboxylic acids is 1. The van der Waals surface area contributed by atoms with Crippen LogP contribution < -0.4 is 15.6 Å². The van der Waals surface area contributed by atoms with Crippen molar-refractivity contribution in [3.63, 3.8) is 0 Å². The number of hydrogen-bond donors (Lipinski definition) is 1. The molecule has 1 aromatic heterocycles. The van der Waals surface area contributed by atoms with E-state index in [9.17, 15) is 9.59 Å². The molecule has 1 heterocycles. The second-order valence-electron chi connectivity index (χ2n) is 7.74. The average Bonchev–Trinajstić information content (AvgIpc) is 2.87. The lowest BCUT2D eigenvalue weighted by atomic mass is 10.1. The minimum atomic E-state index is -0.241. The molecule has 6 nitrogen and oxygen atoms in total. The zero-order valence-corrected chi connectivity index (χ0v) is 19.8. The van der Waals surface area contributed by atoms with Gasteiger partial charge in [0, 0.05) is 23.1 Å². The van der Waals surface area contributed by atoms with Crippen LogP contribution in [0, 0.1) is 6.92 Å². The van der Waals surface area contributed by atoms with Crippen LogP contribution in [-0.4, -0.2) is 29.3 Å². The van der Waals surface area contributed by atoms with Gasteiger partial charge < -0.3 is 10.1 Å². The number of amides is 1. The molecule has 0 aliphatic carbocycles. The molecule has 1 N–H and O–H groups in total. The molecule has 0 aliphatic heterocycles. The fraction of sp³-hybridized carbons (Fsp3) is 0.148. The molecule has 0 saturated heterocycles. The number of hydrogen-bond acceptors (Lipinski definition) is 5. The first kappa shape index (κ1) is 23.3. The fourth-order valence-electron chi connectivity index (χ4n) is 3.33. The van der Waals surface area contributed by atoms with Crippen LogP contribution in [0.4, 0.5) is 0 Å². The molecule has 0 radical (unpaired) electrons. The predicted octanol–water partition coefficient (Wildman–Crippen LogP) is 4.67. The lowest BCUT2D eigenvalue weighted by Gasteiger charge is -2.09. The van der Waals surface area contributed by atoms with Crippen molar-refractivity contribution in [2.75, 3.05) is 13.7 Å². The van der Waals surface area contributed by atoms with E-state index in [1.165, 1.54) is 33.6 Å². The predicted molar refractivity (Wildman–Crippen MR) is 134 cm³/mol. The fourth-order valence-corrected chi connectivity index (χ4v) is 4.10. The van der Waals surface area contributed by atoms with Crippen molar-refractivity contribution in [3.8, 4) is 11.4 Å². The molecule has 3 aromatic carbocycles. The number of nitrogens with zero attached hydrogens (tertiary/aromatic N) is 2. The number of nitrogens with one attached hydrogen (secondary N) is 1. The van der Waals surface area contributed by atoms with Crippen molar-refractivity contribution in [1.29, 1.82) is 0 Å². The summed E-state index contributed by atoms with van der Waals surface area (Å²) >= 11 is 1.45. The Balaban J connectivity index is 1.41. The molecular formula is C27H25N3O3S. The van der Waals surface area contributed by atoms with Crippen LogP contribution in [0.3, 0.4) is 0 Å². The normalized spacial score (nSPS) is 10.6. The largest absolute Gasteiger partial charge is 0.497 e. The van der Waals surface area contributed by atoms with E-state index in [1.807, 2.05) is 24.3 Å². The van der Waals surface area contributed by atoms with Gasteiger partial charge in [-0.1, -0.05) is 41.6 Å². The minimum Gasteiger partial charge on any atom is -0.497 e. The monoisotopic (exact) mass is 471 g/mol. The van der Waals surface area contributed by atoms with E-state index in [-0.39, 0.29) is 11.5 Å². The summed E-state index contributed by atoms with van der Waals surface area (Å²) in [5, 5.41) is 8.10. The number of rotatable bonds is 8. The maximum absolute atomic E-state index is 12.5. The van der Waals surface area contributed by atoms with E-state index in [0.29, 0.717) is 22.8 Å². The number of aryl methyl sites for hydroxylation is 1. The Morgan fingerprint density at radius 1 is 0.941 bits per heavy atom. The van der Waals surface area contributed by atoms with Crippen molar-refractivity contribution in [3.05, 3.63) is 112 Å². The molecule has 0 aliphatic rings. The van der Waals surface area contributed by atoms with E-state index in [0.717, 1.165) is 17.1 Å². The van der Waals surface area contributed by atoms with Gasteiger partial charge >= 0.3 is 0 Å². The van der Waals surface area contributed by atoms with Crippen LogP contribution in [0.2, 0.25) is 0 Å². The Labute approximate surface area is 202 Å². The topological polar surface area (TPSA) is 73.2 Å². The van der Waals surface area contributed by atoms with Gasteiger partial charge in [-0.05, 0) is 73.5 Å². The first-order chi connectivity index (χ1) is 16.5. The Morgan fingerprint density at radius 3 is 2.32 bits per heavy atom. The highest BCUT2D eigenvalue weighted by Crippen LogP contribution is 2.27. The second-order valence-corrected chi connectivity index (χ2v) is 8.83. The van der Waals surface area contributed by atoms with Crippen molar-refractivity contribution in [2.24, 2.45) is 0 Å². The van der Waals surface area contributed by atoms with Gasteiger partial charge in [-0.3, -0.25) is 9.59 Å². The smallest absolute Gasteiger partial charge is 0.271 e. The summed E-state index contributed by atoms with van der Waals surface area (Å²) < 4.78 is 6.52. The van der Waals surface area contributed by atoms with Crippen LogP contribution in [0.5, 0.6) is 5.75 Å². The summed E-state index contributed by atoms with van der Waals surface area (Å²) in [6.45, 7) is 2.60. The molecule has 0 bridgehead atoms. The lowest BCUT2D eigenvalue weighted by molar-refractivity contribution is 0.0954. The molecular weight excluding hydrogens is 446 g/mol. The minimum absolute atomic E-state index is 0.150. The summed E-state index contributed by atoms with van der Waals surface area (Å²) in [5.74, 6) is 0.629. The van der Waals surface area contributed by atoms with Crippen molar-refractivity contribution in [2.45, 2.75) is 23.3 Å². The van der Waals surface area contributed by atoms with Crippen molar-refractivity contribution >= 4 is 17.7 Å². The van der Waals surface area contributed by atoms with Gasteiger partial charge in [0.25, 0.3) is 11.5 Å². The molecule has 4 rings (SSSR count). The summed E-state index contributed by atoms with van der Waals surface area (Å²) in [6.07, 6.45) is 0.766. The number of aromatic nitrogens is 2.